The van der Waals surface area contributed by atoms with Gasteiger partial charge in [0.15, 0.2) is 0 Å². The fourth-order valence-corrected chi connectivity index (χ4v) is 5.55. The van der Waals surface area contributed by atoms with Crippen LogP contribution in [-0.2, 0) is 10.3 Å². The lowest BCUT2D eigenvalue weighted by Crippen LogP contribution is -2.36. The molecule has 1 aromatic heterocycles. The number of carbonyl (C=O) groups excluding carboxylic acids is 1. The minimum atomic E-state index is -0.417. The van der Waals surface area contributed by atoms with Gasteiger partial charge in [-0.15, -0.1) is 0 Å². The standard InChI is InChI=1S/C38H34N4O/c1-25(2)42-21-18-35-33(27(42)4)23-34(28-11-6-5-7-12-28)36(40-35)29-14-16-32(17-15-29)38(19-20-38)41-37(43)31(24-39)22-30-13-9-8-10-26(30)3/h5-18,21-24H,1,3-4,19-20,39H2,2H3,(H,41,43)/b30-22-,31-24+. The van der Waals surface area contributed by atoms with E-state index in [-0.39, 0.29) is 5.91 Å². The van der Waals surface area contributed by atoms with Crippen molar-refractivity contribution in [1.29, 1.82) is 0 Å². The molecule has 1 saturated carbocycles. The molecule has 0 radical (unpaired) electrons. The van der Waals surface area contributed by atoms with Gasteiger partial charge in [-0.2, -0.15) is 0 Å². The van der Waals surface area contributed by atoms with E-state index in [0.29, 0.717) is 5.57 Å². The topological polar surface area (TPSA) is 71.2 Å². The van der Waals surface area contributed by atoms with Crippen molar-refractivity contribution in [3.05, 3.63) is 149 Å². The van der Waals surface area contributed by atoms with Gasteiger partial charge in [0, 0.05) is 40.5 Å². The molecule has 1 aliphatic carbocycles. The summed E-state index contributed by atoms with van der Waals surface area (Å²) in [5, 5.41) is 4.94. The maximum absolute atomic E-state index is 13.3. The molecule has 3 N–H and O–H groups in total. The molecule has 1 fully saturated rings. The molecule has 3 aromatic carbocycles. The number of carbonyl (C=O) groups is 1. The summed E-state index contributed by atoms with van der Waals surface area (Å²) in [6, 6.07) is 28.5. The average molecular weight is 563 g/mol. The highest BCUT2D eigenvalue weighted by Crippen LogP contribution is 2.46. The molecule has 212 valence electrons. The van der Waals surface area contributed by atoms with Crippen LogP contribution in [0.1, 0.15) is 36.6 Å². The number of hydrogen-bond acceptors (Lipinski definition) is 4. The number of amides is 1. The van der Waals surface area contributed by atoms with Gasteiger partial charge in [-0.05, 0) is 59.5 Å². The Morgan fingerprint density at radius 2 is 1.65 bits per heavy atom. The van der Waals surface area contributed by atoms with E-state index in [1.165, 1.54) is 6.20 Å². The summed E-state index contributed by atoms with van der Waals surface area (Å²) in [6.45, 7) is 14.4. The minimum absolute atomic E-state index is 0.203. The highest BCUT2D eigenvalue weighted by molar-refractivity contribution is 6.02. The van der Waals surface area contributed by atoms with Crippen LogP contribution in [0.3, 0.4) is 0 Å². The maximum Gasteiger partial charge on any atom is 0.253 e. The Bertz CT molecular complexity index is 1930. The van der Waals surface area contributed by atoms with Gasteiger partial charge in [-0.1, -0.05) is 98.6 Å². The van der Waals surface area contributed by atoms with Crippen molar-refractivity contribution in [2.45, 2.75) is 25.3 Å². The van der Waals surface area contributed by atoms with Crippen molar-refractivity contribution >= 4 is 30.3 Å². The monoisotopic (exact) mass is 562 g/mol. The predicted molar refractivity (Wildman–Crippen MR) is 177 cm³/mol. The number of pyridine rings is 1. The third-order valence-electron chi connectivity index (χ3n) is 8.15. The number of aromatic nitrogens is 1. The smallest absolute Gasteiger partial charge is 0.253 e. The molecule has 0 saturated heterocycles. The second kappa shape index (κ2) is 11.1. The normalized spacial score (nSPS) is 15.7. The third kappa shape index (κ3) is 5.33. The number of nitrogens with zero attached hydrogens (tertiary/aromatic N) is 2. The van der Waals surface area contributed by atoms with Crippen molar-refractivity contribution in [3.63, 3.8) is 0 Å². The zero-order valence-corrected chi connectivity index (χ0v) is 24.3. The van der Waals surface area contributed by atoms with Gasteiger partial charge in [-0.25, -0.2) is 4.98 Å². The lowest BCUT2D eigenvalue weighted by atomic mass is 9.93. The molecule has 5 nitrogen and oxygen atoms in total. The lowest BCUT2D eigenvalue weighted by molar-refractivity contribution is -0.118. The first-order chi connectivity index (χ1) is 20.8. The molecule has 0 spiro atoms. The zero-order chi connectivity index (χ0) is 30.1. The molecule has 2 heterocycles. The summed E-state index contributed by atoms with van der Waals surface area (Å²) < 4.78 is 0. The molecule has 0 unspecified atom stereocenters. The largest absolute Gasteiger partial charge is 0.404 e. The summed E-state index contributed by atoms with van der Waals surface area (Å²) in [6.07, 6.45) is 8.83. The highest BCUT2D eigenvalue weighted by Gasteiger charge is 2.45. The summed E-state index contributed by atoms with van der Waals surface area (Å²) in [7, 11) is 0. The van der Waals surface area contributed by atoms with Crippen LogP contribution in [0.2, 0.25) is 0 Å². The van der Waals surface area contributed by atoms with Gasteiger partial charge in [-0.3, -0.25) is 4.79 Å². The molecule has 6 rings (SSSR count). The molecule has 0 atom stereocenters. The molecular weight excluding hydrogens is 528 g/mol. The summed E-state index contributed by atoms with van der Waals surface area (Å²) in [5.74, 6) is -0.203. The zero-order valence-electron chi connectivity index (χ0n) is 24.3. The summed E-state index contributed by atoms with van der Waals surface area (Å²) >= 11 is 0. The SMILES string of the molecule is C=C(C)N1C=Cc2nc(-c3ccc(C4(NC(=O)C(/C=c5/ccccc5=C)=C/N)CC4)cc3)c(-c3ccccc3)cc2C1=C. The lowest BCUT2D eigenvalue weighted by Gasteiger charge is -2.28. The first-order valence-electron chi connectivity index (χ1n) is 14.3. The number of benzene rings is 3. The Labute approximate surface area is 252 Å². The first kappa shape index (κ1) is 27.7. The predicted octanol–water partition coefficient (Wildman–Crippen LogP) is 6.05. The molecule has 5 heteroatoms. The van der Waals surface area contributed by atoms with E-state index in [1.54, 1.807) is 6.08 Å². The third-order valence-corrected chi connectivity index (χ3v) is 8.15. The number of hydrogen-bond donors (Lipinski definition) is 2. The molecule has 43 heavy (non-hydrogen) atoms. The Hall–Kier alpha value is -5.42. The Balaban J connectivity index is 1.32. The van der Waals surface area contributed by atoms with Gasteiger partial charge in [0.25, 0.3) is 5.91 Å². The van der Waals surface area contributed by atoms with Gasteiger partial charge in [0.05, 0.1) is 22.5 Å². The van der Waals surface area contributed by atoms with E-state index >= 15 is 0 Å². The van der Waals surface area contributed by atoms with Crippen LogP contribution in [0, 0.1) is 0 Å². The molecule has 1 aliphatic heterocycles. The van der Waals surface area contributed by atoms with Crippen molar-refractivity contribution in [3.8, 4) is 22.4 Å². The summed E-state index contributed by atoms with van der Waals surface area (Å²) in [4.78, 5) is 20.4. The Kier molecular flexibility index (Phi) is 7.16. The maximum atomic E-state index is 13.3. The van der Waals surface area contributed by atoms with Crippen LogP contribution in [0.25, 0.3) is 46.8 Å². The van der Waals surface area contributed by atoms with E-state index < -0.39 is 5.54 Å². The van der Waals surface area contributed by atoms with Gasteiger partial charge >= 0.3 is 0 Å². The molecular formula is C38H34N4O. The van der Waals surface area contributed by atoms with E-state index in [0.717, 1.165) is 73.9 Å². The second-order valence-electron chi connectivity index (χ2n) is 11.1. The van der Waals surface area contributed by atoms with Crippen molar-refractivity contribution < 1.29 is 4.79 Å². The number of allylic oxidation sites excluding steroid dienone is 1. The fourth-order valence-electron chi connectivity index (χ4n) is 5.55. The van der Waals surface area contributed by atoms with Gasteiger partial charge < -0.3 is 16.0 Å². The Morgan fingerprint density at radius 3 is 2.30 bits per heavy atom. The molecule has 2 aliphatic rings. The van der Waals surface area contributed by atoms with Crippen LogP contribution in [-0.4, -0.2) is 15.8 Å². The van der Waals surface area contributed by atoms with Crippen LogP contribution < -0.4 is 21.5 Å². The fraction of sp³-hybridized carbons (Fsp3) is 0.105. The van der Waals surface area contributed by atoms with Crippen LogP contribution >= 0.6 is 0 Å². The number of nitrogens with two attached hydrogens (primary N) is 1. The van der Waals surface area contributed by atoms with Crippen LogP contribution in [0.5, 0.6) is 0 Å². The quantitative estimate of drug-likeness (QED) is 0.269. The van der Waals surface area contributed by atoms with Crippen LogP contribution in [0.15, 0.2) is 122 Å². The van der Waals surface area contributed by atoms with Crippen LogP contribution in [0.4, 0.5) is 0 Å². The second-order valence-corrected chi connectivity index (χ2v) is 11.1. The van der Waals surface area contributed by atoms with E-state index in [4.69, 9.17) is 10.7 Å². The molecule has 0 bridgehead atoms. The van der Waals surface area contributed by atoms with E-state index in [1.807, 2.05) is 66.6 Å². The molecule has 4 aromatic rings. The minimum Gasteiger partial charge on any atom is -0.404 e. The van der Waals surface area contributed by atoms with Crippen molar-refractivity contribution in [1.82, 2.24) is 15.2 Å². The van der Waals surface area contributed by atoms with Gasteiger partial charge in [0.2, 0.25) is 0 Å². The van der Waals surface area contributed by atoms with Gasteiger partial charge in [0.1, 0.15) is 0 Å². The molecule has 1 amide bonds. The number of rotatable bonds is 7. The number of fused-ring (bicyclic) bond motifs is 1. The van der Waals surface area contributed by atoms with E-state index in [9.17, 15) is 4.79 Å². The van der Waals surface area contributed by atoms with Crippen molar-refractivity contribution in [2.75, 3.05) is 0 Å². The summed E-state index contributed by atoms with van der Waals surface area (Å²) in [5.41, 5.74) is 14.5. The average Bonchev–Trinajstić information content (AvgIpc) is 3.81. The van der Waals surface area contributed by atoms with E-state index in [2.05, 4.69) is 67.5 Å². The highest BCUT2D eigenvalue weighted by atomic mass is 16.1. The van der Waals surface area contributed by atoms with Crippen molar-refractivity contribution in [2.24, 2.45) is 5.73 Å². The number of nitrogens with one attached hydrogen (secondary N) is 1. The first-order valence-corrected chi connectivity index (χ1v) is 14.3. The Morgan fingerprint density at radius 1 is 0.953 bits per heavy atom.